The number of nitrogens with zero attached hydrogens (tertiary/aromatic N) is 2. The summed E-state index contributed by atoms with van der Waals surface area (Å²) >= 11 is 0. The van der Waals surface area contributed by atoms with Crippen molar-refractivity contribution in [2.24, 2.45) is 0 Å². The summed E-state index contributed by atoms with van der Waals surface area (Å²) < 4.78 is 15.6. The first-order chi connectivity index (χ1) is 8.80. The summed E-state index contributed by atoms with van der Waals surface area (Å²) in [7, 11) is 1.69. The van der Waals surface area contributed by atoms with Crippen LogP contribution in [-0.4, -0.2) is 49.7 Å². The van der Waals surface area contributed by atoms with Crippen molar-refractivity contribution in [2.75, 3.05) is 33.5 Å². The molecule has 0 fully saturated rings. The maximum atomic E-state index is 5.25. The Hall–Kier alpha value is -0.980. The molecule has 0 bridgehead atoms. The molecule has 0 spiro atoms. The van der Waals surface area contributed by atoms with E-state index in [1.54, 1.807) is 7.11 Å². The summed E-state index contributed by atoms with van der Waals surface area (Å²) in [5, 5.41) is 7.24. The smallest absolute Gasteiger partial charge is 0.228 e. The Bertz CT molecular complexity index is 311. The predicted octanol–water partition coefficient (Wildman–Crippen LogP) is 0.816. The predicted molar refractivity (Wildman–Crippen MR) is 67.5 cm³/mol. The third kappa shape index (κ3) is 5.57. The SMILES string of the molecule is CCNC(COC)Cc1nc(CCOCC)no1. The highest BCUT2D eigenvalue weighted by Crippen LogP contribution is 2.03. The fourth-order valence-electron chi connectivity index (χ4n) is 1.67. The highest BCUT2D eigenvalue weighted by molar-refractivity contribution is 4.90. The van der Waals surface area contributed by atoms with E-state index in [1.165, 1.54) is 0 Å². The third-order valence-electron chi connectivity index (χ3n) is 2.47. The monoisotopic (exact) mass is 257 g/mol. The summed E-state index contributed by atoms with van der Waals surface area (Å²) in [5.74, 6) is 1.34. The Kier molecular flexibility index (Phi) is 7.55. The average molecular weight is 257 g/mol. The van der Waals surface area contributed by atoms with E-state index in [1.807, 2.05) is 6.92 Å². The zero-order chi connectivity index (χ0) is 13.2. The van der Waals surface area contributed by atoms with Crippen molar-refractivity contribution in [3.63, 3.8) is 0 Å². The van der Waals surface area contributed by atoms with Crippen LogP contribution in [0, 0.1) is 0 Å². The number of hydrogen-bond acceptors (Lipinski definition) is 6. The minimum Gasteiger partial charge on any atom is -0.383 e. The lowest BCUT2D eigenvalue weighted by molar-refractivity contribution is 0.149. The molecule has 1 rings (SSSR count). The topological polar surface area (TPSA) is 69.4 Å². The molecule has 0 saturated carbocycles. The van der Waals surface area contributed by atoms with Gasteiger partial charge in [0.1, 0.15) is 0 Å². The van der Waals surface area contributed by atoms with Crippen LogP contribution in [0.15, 0.2) is 4.52 Å². The van der Waals surface area contributed by atoms with E-state index in [-0.39, 0.29) is 6.04 Å². The van der Waals surface area contributed by atoms with Crippen molar-refractivity contribution < 1.29 is 14.0 Å². The van der Waals surface area contributed by atoms with Crippen LogP contribution < -0.4 is 5.32 Å². The van der Waals surface area contributed by atoms with Gasteiger partial charge in [0, 0.05) is 32.6 Å². The summed E-state index contributed by atoms with van der Waals surface area (Å²) in [6.07, 6.45) is 1.37. The lowest BCUT2D eigenvalue weighted by Crippen LogP contribution is -2.35. The van der Waals surface area contributed by atoms with Crippen molar-refractivity contribution in [3.05, 3.63) is 11.7 Å². The number of likely N-dealkylation sites (N-methyl/N-ethyl adjacent to an activating group) is 1. The number of ether oxygens (including phenoxy) is 2. The van der Waals surface area contributed by atoms with Crippen LogP contribution in [0.4, 0.5) is 0 Å². The second-order valence-corrected chi connectivity index (χ2v) is 3.97. The van der Waals surface area contributed by atoms with Crippen molar-refractivity contribution in [1.82, 2.24) is 15.5 Å². The van der Waals surface area contributed by atoms with Crippen LogP contribution in [0.5, 0.6) is 0 Å². The lowest BCUT2D eigenvalue weighted by Gasteiger charge is -2.14. The molecule has 1 heterocycles. The highest BCUT2D eigenvalue weighted by atomic mass is 16.5. The Morgan fingerprint density at radius 3 is 2.89 bits per heavy atom. The molecule has 1 aromatic heterocycles. The minimum absolute atomic E-state index is 0.209. The van der Waals surface area contributed by atoms with E-state index in [0.717, 1.165) is 6.54 Å². The van der Waals surface area contributed by atoms with E-state index in [2.05, 4.69) is 22.4 Å². The molecule has 6 nitrogen and oxygen atoms in total. The van der Waals surface area contributed by atoms with E-state index < -0.39 is 0 Å². The number of rotatable bonds is 10. The van der Waals surface area contributed by atoms with Crippen molar-refractivity contribution >= 4 is 0 Å². The van der Waals surface area contributed by atoms with Gasteiger partial charge in [0.05, 0.1) is 13.2 Å². The molecule has 0 saturated heterocycles. The molecule has 0 aromatic carbocycles. The van der Waals surface area contributed by atoms with Gasteiger partial charge in [-0.1, -0.05) is 12.1 Å². The number of nitrogens with one attached hydrogen (secondary N) is 1. The molecule has 1 aromatic rings. The van der Waals surface area contributed by atoms with E-state index >= 15 is 0 Å². The van der Waals surface area contributed by atoms with Gasteiger partial charge in [-0.2, -0.15) is 4.98 Å². The van der Waals surface area contributed by atoms with Gasteiger partial charge < -0.3 is 19.3 Å². The van der Waals surface area contributed by atoms with Gasteiger partial charge in [0.2, 0.25) is 5.89 Å². The molecule has 1 N–H and O–H groups in total. The van der Waals surface area contributed by atoms with Gasteiger partial charge in [-0.25, -0.2) is 0 Å². The van der Waals surface area contributed by atoms with Crippen LogP contribution in [0.2, 0.25) is 0 Å². The maximum Gasteiger partial charge on any atom is 0.228 e. The second kappa shape index (κ2) is 9.02. The molecular formula is C12H23N3O3. The molecular weight excluding hydrogens is 234 g/mol. The van der Waals surface area contributed by atoms with Gasteiger partial charge in [-0.3, -0.25) is 0 Å². The summed E-state index contributed by atoms with van der Waals surface area (Å²) in [6, 6.07) is 0.209. The first-order valence-electron chi connectivity index (χ1n) is 6.41. The molecule has 1 unspecified atom stereocenters. The Balaban J connectivity index is 2.40. The highest BCUT2D eigenvalue weighted by Gasteiger charge is 2.13. The quantitative estimate of drug-likeness (QED) is 0.626. The van der Waals surface area contributed by atoms with Crippen LogP contribution >= 0.6 is 0 Å². The van der Waals surface area contributed by atoms with Crippen molar-refractivity contribution in [1.29, 1.82) is 0 Å². The zero-order valence-electron chi connectivity index (χ0n) is 11.4. The Morgan fingerprint density at radius 1 is 1.39 bits per heavy atom. The molecule has 18 heavy (non-hydrogen) atoms. The molecule has 1 atom stereocenters. The maximum absolute atomic E-state index is 5.25. The lowest BCUT2D eigenvalue weighted by atomic mass is 10.2. The van der Waals surface area contributed by atoms with E-state index in [0.29, 0.717) is 44.4 Å². The molecule has 0 aliphatic rings. The Morgan fingerprint density at radius 2 is 2.22 bits per heavy atom. The fraction of sp³-hybridized carbons (Fsp3) is 0.833. The van der Waals surface area contributed by atoms with E-state index in [9.17, 15) is 0 Å². The van der Waals surface area contributed by atoms with Crippen molar-refractivity contribution in [2.45, 2.75) is 32.7 Å². The number of hydrogen-bond donors (Lipinski definition) is 1. The van der Waals surface area contributed by atoms with Gasteiger partial charge in [0.25, 0.3) is 0 Å². The van der Waals surface area contributed by atoms with Crippen molar-refractivity contribution in [3.8, 4) is 0 Å². The van der Waals surface area contributed by atoms with Gasteiger partial charge in [-0.05, 0) is 13.5 Å². The largest absolute Gasteiger partial charge is 0.383 e. The first kappa shape index (κ1) is 15.1. The average Bonchev–Trinajstić information content (AvgIpc) is 2.78. The molecule has 0 aliphatic heterocycles. The molecule has 0 radical (unpaired) electrons. The van der Waals surface area contributed by atoms with Crippen LogP contribution in [-0.2, 0) is 22.3 Å². The Labute approximate surface area is 108 Å². The summed E-state index contributed by atoms with van der Waals surface area (Å²) in [4.78, 5) is 4.33. The first-order valence-corrected chi connectivity index (χ1v) is 6.41. The number of methoxy groups -OCH3 is 1. The number of aromatic nitrogens is 2. The summed E-state index contributed by atoms with van der Waals surface area (Å²) in [5.41, 5.74) is 0. The fourth-order valence-corrected chi connectivity index (χ4v) is 1.67. The van der Waals surface area contributed by atoms with Crippen LogP contribution in [0.3, 0.4) is 0 Å². The standard InChI is InChI=1S/C12H23N3O3/c1-4-13-10(9-16-3)8-12-14-11(15-18-12)6-7-17-5-2/h10,13H,4-9H2,1-3H3. The van der Waals surface area contributed by atoms with Crippen LogP contribution in [0.25, 0.3) is 0 Å². The van der Waals surface area contributed by atoms with E-state index in [4.69, 9.17) is 14.0 Å². The summed E-state index contributed by atoms with van der Waals surface area (Å²) in [6.45, 7) is 6.88. The normalized spacial score (nSPS) is 12.8. The molecule has 0 amide bonds. The minimum atomic E-state index is 0.209. The molecule has 104 valence electrons. The molecule has 6 heteroatoms. The third-order valence-corrected chi connectivity index (χ3v) is 2.47. The zero-order valence-corrected chi connectivity index (χ0v) is 11.4. The van der Waals surface area contributed by atoms with Gasteiger partial charge >= 0.3 is 0 Å². The second-order valence-electron chi connectivity index (χ2n) is 3.97. The van der Waals surface area contributed by atoms with Crippen LogP contribution in [0.1, 0.15) is 25.6 Å². The van der Waals surface area contributed by atoms with Gasteiger partial charge in [-0.15, -0.1) is 0 Å². The van der Waals surface area contributed by atoms with Gasteiger partial charge in [0.15, 0.2) is 5.82 Å². The molecule has 0 aliphatic carbocycles.